The second kappa shape index (κ2) is 7.19. The van der Waals surface area contributed by atoms with E-state index in [4.69, 9.17) is 10.5 Å². The van der Waals surface area contributed by atoms with Gasteiger partial charge in [-0.1, -0.05) is 0 Å². The van der Waals surface area contributed by atoms with Crippen LogP contribution in [0.25, 0.3) is 11.0 Å². The van der Waals surface area contributed by atoms with Gasteiger partial charge in [0, 0.05) is 23.7 Å². The molecule has 31 heavy (non-hydrogen) atoms. The largest absolute Gasteiger partial charge is 0.416 e. The summed E-state index contributed by atoms with van der Waals surface area (Å²) in [5.74, 6) is -3.12. The first-order valence-electron chi connectivity index (χ1n) is 9.20. The first kappa shape index (κ1) is 21.0. The molecule has 1 aliphatic heterocycles. The SMILES string of the molecule is C[C@@H](c1c(F)cc(C(F)(F)F)cc1F)N(C)C(=O)c1cc2nc(N)c3c(c2[nH]1)COC3. The highest BCUT2D eigenvalue weighted by atomic mass is 19.4. The predicted molar refractivity (Wildman–Crippen MR) is 101 cm³/mol. The van der Waals surface area contributed by atoms with E-state index in [1.807, 2.05) is 0 Å². The molecule has 1 atom stereocenters. The van der Waals surface area contributed by atoms with Gasteiger partial charge in [-0.25, -0.2) is 13.8 Å². The number of hydrogen-bond acceptors (Lipinski definition) is 4. The fraction of sp³-hybridized carbons (Fsp3) is 0.300. The van der Waals surface area contributed by atoms with Crippen molar-refractivity contribution < 1.29 is 31.5 Å². The van der Waals surface area contributed by atoms with Crippen molar-refractivity contribution in [3.8, 4) is 0 Å². The Labute approximate surface area is 172 Å². The summed E-state index contributed by atoms with van der Waals surface area (Å²) in [6.45, 7) is 1.91. The van der Waals surface area contributed by atoms with Gasteiger partial charge in [-0.2, -0.15) is 13.2 Å². The second-order valence-electron chi connectivity index (χ2n) is 7.33. The van der Waals surface area contributed by atoms with E-state index >= 15 is 0 Å². The zero-order valence-electron chi connectivity index (χ0n) is 16.4. The monoisotopic (exact) mass is 440 g/mol. The standard InChI is InChI=1S/C20H17F5N4O2/c1-8(16-12(21)3-9(4-13(16)22)20(23,24)25)29(2)19(30)15-5-14-17(27-15)10-6-31-7-11(10)18(26)28-14/h3-5,8,27H,6-7H2,1-2H3,(H2,26,28)/t8-/m0/s1. The van der Waals surface area contributed by atoms with Crippen LogP contribution in [0.3, 0.4) is 0 Å². The van der Waals surface area contributed by atoms with E-state index in [0.717, 1.165) is 16.0 Å². The summed E-state index contributed by atoms with van der Waals surface area (Å²) in [6.07, 6.45) is -4.89. The molecule has 1 aliphatic rings. The molecule has 11 heteroatoms. The number of carbonyl (C=O) groups is 1. The van der Waals surface area contributed by atoms with Gasteiger partial charge < -0.3 is 20.4 Å². The number of benzene rings is 1. The lowest BCUT2D eigenvalue weighted by atomic mass is 10.0. The van der Waals surface area contributed by atoms with Gasteiger partial charge in [0.1, 0.15) is 23.1 Å². The lowest BCUT2D eigenvalue weighted by Crippen LogP contribution is -2.31. The number of carbonyl (C=O) groups excluding carboxylic acids is 1. The summed E-state index contributed by atoms with van der Waals surface area (Å²) in [7, 11) is 1.30. The highest BCUT2D eigenvalue weighted by molar-refractivity contribution is 5.98. The molecule has 0 bridgehead atoms. The Morgan fingerprint density at radius 1 is 1.19 bits per heavy atom. The molecule has 0 saturated carbocycles. The van der Waals surface area contributed by atoms with Crippen molar-refractivity contribution in [3.05, 3.63) is 57.8 Å². The predicted octanol–water partition coefficient (Wildman–Crippen LogP) is 4.31. The Bertz CT molecular complexity index is 1180. The number of nitrogens with two attached hydrogens (primary N) is 1. The van der Waals surface area contributed by atoms with E-state index in [2.05, 4.69) is 9.97 Å². The summed E-state index contributed by atoms with van der Waals surface area (Å²) in [5, 5.41) is 0. The fourth-order valence-corrected chi connectivity index (χ4v) is 3.66. The molecule has 1 amide bonds. The number of H-pyrrole nitrogens is 1. The third-order valence-electron chi connectivity index (χ3n) is 5.46. The third-order valence-corrected chi connectivity index (χ3v) is 5.46. The van der Waals surface area contributed by atoms with E-state index in [9.17, 15) is 26.7 Å². The van der Waals surface area contributed by atoms with Crippen LogP contribution in [-0.2, 0) is 24.1 Å². The number of pyridine rings is 1. The number of alkyl halides is 3. The van der Waals surface area contributed by atoms with Gasteiger partial charge in [0.05, 0.1) is 35.9 Å². The number of aromatic amines is 1. The van der Waals surface area contributed by atoms with Crippen LogP contribution in [0.4, 0.5) is 27.8 Å². The molecule has 0 spiro atoms. The Morgan fingerprint density at radius 3 is 2.42 bits per heavy atom. The molecule has 3 N–H and O–H groups in total. The molecular formula is C20H17F5N4O2. The van der Waals surface area contributed by atoms with Crippen LogP contribution in [0.1, 0.15) is 45.7 Å². The molecule has 2 aromatic heterocycles. The summed E-state index contributed by atoms with van der Waals surface area (Å²) in [5.41, 5.74) is 6.42. The van der Waals surface area contributed by atoms with Crippen molar-refractivity contribution in [2.24, 2.45) is 0 Å². The number of aromatic nitrogens is 2. The van der Waals surface area contributed by atoms with E-state index in [1.54, 1.807) is 0 Å². The topological polar surface area (TPSA) is 84.2 Å². The Morgan fingerprint density at radius 2 is 1.81 bits per heavy atom. The fourth-order valence-electron chi connectivity index (χ4n) is 3.66. The second-order valence-corrected chi connectivity index (χ2v) is 7.33. The molecule has 0 saturated heterocycles. The number of ether oxygens (including phenoxy) is 1. The molecule has 3 aromatic rings. The molecule has 6 nitrogen and oxygen atoms in total. The Hall–Kier alpha value is -3.21. The van der Waals surface area contributed by atoms with Crippen molar-refractivity contribution in [2.75, 3.05) is 12.8 Å². The van der Waals surface area contributed by atoms with Crippen LogP contribution in [0, 0.1) is 11.6 Å². The maximum Gasteiger partial charge on any atom is 0.416 e. The van der Waals surface area contributed by atoms with Crippen LogP contribution in [0.5, 0.6) is 0 Å². The number of nitrogens with zero attached hydrogens (tertiary/aromatic N) is 2. The number of amides is 1. The molecule has 3 heterocycles. The molecule has 0 aliphatic carbocycles. The molecule has 1 aromatic carbocycles. The zero-order valence-corrected chi connectivity index (χ0v) is 16.4. The number of nitrogens with one attached hydrogen (secondary N) is 1. The summed E-state index contributed by atoms with van der Waals surface area (Å²) < 4.78 is 72.5. The van der Waals surface area contributed by atoms with Crippen molar-refractivity contribution in [1.29, 1.82) is 0 Å². The average molecular weight is 440 g/mol. The van der Waals surface area contributed by atoms with Crippen molar-refractivity contribution in [1.82, 2.24) is 14.9 Å². The van der Waals surface area contributed by atoms with Gasteiger partial charge in [-0.3, -0.25) is 4.79 Å². The Balaban J connectivity index is 1.67. The van der Waals surface area contributed by atoms with Gasteiger partial charge in [0.15, 0.2) is 0 Å². The number of fused-ring (bicyclic) bond motifs is 3. The molecule has 4 rings (SSSR count). The maximum atomic E-state index is 14.4. The highest BCUT2D eigenvalue weighted by Gasteiger charge is 2.34. The highest BCUT2D eigenvalue weighted by Crippen LogP contribution is 2.35. The summed E-state index contributed by atoms with van der Waals surface area (Å²) in [6, 6.07) is 0.696. The molecular weight excluding hydrogens is 423 g/mol. The maximum absolute atomic E-state index is 14.4. The van der Waals surface area contributed by atoms with E-state index in [1.165, 1.54) is 20.0 Å². The molecule has 0 unspecified atom stereocenters. The van der Waals surface area contributed by atoms with E-state index in [-0.39, 0.29) is 23.6 Å². The van der Waals surface area contributed by atoms with Gasteiger partial charge in [-0.05, 0) is 25.1 Å². The summed E-state index contributed by atoms with van der Waals surface area (Å²) >= 11 is 0. The lowest BCUT2D eigenvalue weighted by Gasteiger charge is -2.26. The Kier molecular flexibility index (Phi) is 4.88. The van der Waals surface area contributed by atoms with Crippen LogP contribution in [-0.4, -0.2) is 27.8 Å². The quantitative estimate of drug-likeness (QED) is 0.595. The smallest absolute Gasteiger partial charge is 0.383 e. The van der Waals surface area contributed by atoms with Gasteiger partial charge in [-0.15, -0.1) is 0 Å². The summed E-state index contributed by atoms with van der Waals surface area (Å²) in [4.78, 5) is 21.2. The van der Waals surface area contributed by atoms with Crippen LogP contribution in [0.15, 0.2) is 18.2 Å². The van der Waals surface area contributed by atoms with Gasteiger partial charge in [0.2, 0.25) is 0 Å². The number of anilines is 1. The minimum atomic E-state index is -4.89. The zero-order chi connectivity index (χ0) is 22.7. The first-order valence-corrected chi connectivity index (χ1v) is 9.20. The van der Waals surface area contributed by atoms with Gasteiger partial charge >= 0.3 is 6.18 Å². The van der Waals surface area contributed by atoms with Crippen LogP contribution >= 0.6 is 0 Å². The van der Waals surface area contributed by atoms with Gasteiger partial charge in [0.25, 0.3) is 5.91 Å². The van der Waals surface area contributed by atoms with E-state index < -0.39 is 40.9 Å². The minimum absolute atomic E-state index is 0.0873. The lowest BCUT2D eigenvalue weighted by molar-refractivity contribution is -0.138. The molecule has 164 valence electrons. The minimum Gasteiger partial charge on any atom is -0.383 e. The van der Waals surface area contributed by atoms with Crippen LogP contribution < -0.4 is 5.73 Å². The average Bonchev–Trinajstić information content (AvgIpc) is 3.32. The van der Waals surface area contributed by atoms with Crippen molar-refractivity contribution in [2.45, 2.75) is 32.4 Å². The number of nitrogen functional groups attached to an aromatic ring is 1. The number of halogens is 5. The van der Waals surface area contributed by atoms with Crippen molar-refractivity contribution in [3.63, 3.8) is 0 Å². The molecule has 0 fully saturated rings. The first-order chi connectivity index (χ1) is 14.5. The number of rotatable bonds is 3. The third kappa shape index (κ3) is 3.48. The normalized spacial score (nSPS) is 14.7. The number of hydrogen-bond donors (Lipinski definition) is 2. The van der Waals surface area contributed by atoms with E-state index in [0.29, 0.717) is 24.2 Å². The molecule has 0 radical (unpaired) electrons. The van der Waals surface area contributed by atoms with Crippen molar-refractivity contribution >= 4 is 22.8 Å². The van der Waals surface area contributed by atoms with Crippen LogP contribution in [0.2, 0.25) is 0 Å².